The third kappa shape index (κ3) is 3.89. The normalized spacial score (nSPS) is 10.9. The number of carbonyl (C=O) groups is 1. The average molecular weight is 361 g/mol. The van der Waals surface area contributed by atoms with Crippen molar-refractivity contribution in [2.24, 2.45) is 0 Å². The number of anilines is 1. The van der Waals surface area contributed by atoms with Gasteiger partial charge in [0.1, 0.15) is 0 Å². The third-order valence-corrected chi connectivity index (χ3v) is 4.08. The number of carbonyl (C=O) groups excluding carboxylic acids is 1. The number of nitrogens with one attached hydrogen (secondary N) is 1. The lowest BCUT2D eigenvalue weighted by molar-refractivity contribution is -0.111. The van der Waals surface area contributed by atoms with Crippen LogP contribution in [0.1, 0.15) is 4.88 Å². The van der Waals surface area contributed by atoms with Crippen LogP contribution >= 0.6 is 38.9 Å². The number of halogens is 3. The second-order valence-electron chi connectivity index (χ2n) is 3.57. The Morgan fingerprint density at radius 3 is 2.84 bits per heavy atom. The Hall–Kier alpha value is -1.17. The van der Waals surface area contributed by atoms with E-state index in [0.29, 0.717) is 0 Å². The van der Waals surface area contributed by atoms with Crippen molar-refractivity contribution in [2.45, 2.75) is 0 Å². The summed E-state index contributed by atoms with van der Waals surface area (Å²) in [6, 6.07) is 8.21. The summed E-state index contributed by atoms with van der Waals surface area (Å²) in [5.41, 5.74) is 0.0644. The molecule has 1 aromatic heterocycles. The molecular formula is C13H8BrClFNOS. The van der Waals surface area contributed by atoms with Gasteiger partial charge in [0.15, 0.2) is 5.82 Å². The van der Waals surface area contributed by atoms with Crippen molar-refractivity contribution < 1.29 is 9.18 Å². The first-order chi connectivity index (χ1) is 9.06. The average Bonchev–Trinajstić information content (AvgIpc) is 2.78. The molecule has 0 aliphatic carbocycles. The maximum Gasteiger partial charge on any atom is 0.248 e. The molecule has 0 bridgehead atoms. The van der Waals surface area contributed by atoms with Gasteiger partial charge in [0.05, 0.1) is 14.5 Å². The molecule has 0 spiro atoms. The number of rotatable bonds is 3. The summed E-state index contributed by atoms with van der Waals surface area (Å²) in [6.07, 6.45) is 3.01. The molecule has 0 fully saturated rings. The van der Waals surface area contributed by atoms with E-state index < -0.39 is 11.7 Å². The third-order valence-electron chi connectivity index (χ3n) is 2.20. The molecule has 0 radical (unpaired) electrons. The molecular weight excluding hydrogens is 353 g/mol. The maximum absolute atomic E-state index is 13.6. The van der Waals surface area contributed by atoms with Crippen molar-refractivity contribution in [1.29, 1.82) is 0 Å². The standard InChI is InChI=1S/C13H8BrClFNOS/c14-11-6-4-8(19-11)5-7-12(18)17-10-3-1-2-9(15)13(10)16/h1-7H,(H,17,18)/b7-5+. The van der Waals surface area contributed by atoms with Gasteiger partial charge in [-0.2, -0.15) is 0 Å². The second-order valence-corrected chi connectivity index (χ2v) is 6.47. The number of amides is 1. The van der Waals surface area contributed by atoms with Crippen molar-refractivity contribution in [3.8, 4) is 0 Å². The van der Waals surface area contributed by atoms with E-state index in [1.807, 2.05) is 12.1 Å². The van der Waals surface area contributed by atoms with Crippen LogP contribution in [0, 0.1) is 5.82 Å². The lowest BCUT2D eigenvalue weighted by Crippen LogP contribution is -2.09. The van der Waals surface area contributed by atoms with Gasteiger partial charge >= 0.3 is 0 Å². The molecule has 2 nitrogen and oxygen atoms in total. The number of benzene rings is 1. The Morgan fingerprint density at radius 2 is 2.16 bits per heavy atom. The van der Waals surface area contributed by atoms with Crippen LogP contribution in [0.4, 0.5) is 10.1 Å². The summed E-state index contributed by atoms with van der Waals surface area (Å²) < 4.78 is 14.5. The van der Waals surface area contributed by atoms with Crippen molar-refractivity contribution in [3.63, 3.8) is 0 Å². The minimum absolute atomic E-state index is 0.0241. The molecule has 6 heteroatoms. The van der Waals surface area contributed by atoms with Gasteiger partial charge in [0, 0.05) is 11.0 Å². The van der Waals surface area contributed by atoms with E-state index in [1.165, 1.54) is 29.5 Å². The fourth-order valence-corrected chi connectivity index (χ4v) is 2.85. The van der Waals surface area contributed by atoms with Crippen LogP contribution in [0.2, 0.25) is 5.02 Å². The van der Waals surface area contributed by atoms with Crippen LogP contribution in [-0.2, 0) is 4.79 Å². The first-order valence-electron chi connectivity index (χ1n) is 5.24. The summed E-state index contributed by atoms with van der Waals surface area (Å²) in [4.78, 5) is 12.6. The highest BCUT2D eigenvalue weighted by molar-refractivity contribution is 9.11. The first kappa shape index (κ1) is 14.2. The summed E-state index contributed by atoms with van der Waals surface area (Å²) >= 11 is 10.5. The monoisotopic (exact) mass is 359 g/mol. The zero-order chi connectivity index (χ0) is 13.8. The Bertz CT molecular complexity index is 641. The lowest BCUT2D eigenvalue weighted by Gasteiger charge is -2.04. The lowest BCUT2D eigenvalue weighted by atomic mass is 10.3. The van der Waals surface area contributed by atoms with Gasteiger partial charge in [-0.3, -0.25) is 4.79 Å². The minimum atomic E-state index is -0.634. The topological polar surface area (TPSA) is 29.1 Å². The van der Waals surface area contributed by atoms with E-state index in [-0.39, 0.29) is 10.7 Å². The Balaban J connectivity index is 2.05. The predicted octanol–water partition coefficient (Wildman–Crippen LogP) is 4.96. The van der Waals surface area contributed by atoms with Crippen LogP contribution in [-0.4, -0.2) is 5.91 Å². The molecule has 0 saturated heterocycles. The summed E-state index contributed by atoms with van der Waals surface area (Å²) in [5, 5.41) is 2.41. The maximum atomic E-state index is 13.6. The zero-order valence-corrected chi connectivity index (χ0v) is 12.7. The summed E-state index contributed by atoms with van der Waals surface area (Å²) in [6.45, 7) is 0. The molecule has 0 saturated carbocycles. The van der Waals surface area contributed by atoms with Crippen LogP contribution in [0.25, 0.3) is 6.08 Å². The molecule has 1 amide bonds. The number of hydrogen-bond acceptors (Lipinski definition) is 2. The quantitative estimate of drug-likeness (QED) is 0.771. The molecule has 0 atom stereocenters. The van der Waals surface area contributed by atoms with E-state index in [2.05, 4.69) is 21.2 Å². The highest BCUT2D eigenvalue weighted by Crippen LogP contribution is 2.24. The molecule has 0 aliphatic heterocycles. The second kappa shape index (κ2) is 6.32. The molecule has 0 unspecified atom stereocenters. The molecule has 0 aliphatic rings. The van der Waals surface area contributed by atoms with Gasteiger partial charge in [0.2, 0.25) is 5.91 Å². The summed E-state index contributed by atoms with van der Waals surface area (Å²) in [5.74, 6) is -1.05. The molecule has 1 heterocycles. The van der Waals surface area contributed by atoms with Gasteiger partial charge in [0.25, 0.3) is 0 Å². The Morgan fingerprint density at radius 1 is 1.37 bits per heavy atom. The number of hydrogen-bond donors (Lipinski definition) is 1. The van der Waals surface area contributed by atoms with Gasteiger partial charge in [-0.05, 0) is 46.3 Å². The molecule has 98 valence electrons. The van der Waals surface area contributed by atoms with Gasteiger partial charge in [-0.25, -0.2) is 4.39 Å². The van der Waals surface area contributed by atoms with E-state index in [1.54, 1.807) is 12.1 Å². The minimum Gasteiger partial charge on any atom is -0.320 e. The van der Waals surface area contributed by atoms with Crippen LogP contribution in [0.5, 0.6) is 0 Å². The Kier molecular flexibility index (Phi) is 4.74. The van der Waals surface area contributed by atoms with E-state index in [0.717, 1.165) is 8.66 Å². The largest absolute Gasteiger partial charge is 0.320 e. The van der Waals surface area contributed by atoms with Crippen LogP contribution < -0.4 is 5.32 Å². The van der Waals surface area contributed by atoms with E-state index in [9.17, 15) is 9.18 Å². The zero-order valence-electron chi connectivity index (χ0n) is 9.49. The molecule has 19 heavy (non-hydrogen) atoms. The van der Waals surface area contributed by atoms with Crippen LogP contribution in [0.3, 0.4) is 0 Å². The fourth-order valence-electron chi connectivity index (χ4n) is 1.35. The van der Waals surface area contributed by atoms with Crippen molar-refractivity contribution in [1.82, 2.24) is 0 Å². The predicted molar refractivity (Wildman–Crippen MR) is 81.1 cm³/mol. The van der Waals surface area contributed by atoms with E-state index >= 15 is 0 Å². The molecule has 1 aromatic carbocycles. The van der Waals surface area contributed by atoms with Gasteiger partial charge in [-0.1, -0.05) is 17.7 Å². The smallest absolute Gasteiger partial charge is 0.248 e. The fraction of sp³-hybridized carbons (Fsp3) is 0. The van der Waals surface area contributed by atoms with Crippen molar-refractivity contribution >= 4 is 56.5 Å². The van der Waals surface area contributed by atoms with Gasteiger partial charge < -0.3 is 5.32 Å². The van der Waals surface area contributed by atoms with Crippen LogP contribution in [0.15, 0.2) is 40.2 Å². The number of thiophene rings is 1. The van der Waals surface area contributed by atoms with E-state index in [4.69, 9.17) is 11.6 Å². The first-order valence-corrected chi connectivity index (χ1v) is 7.23. The Labute approximate surface area is 127 Å². The molecule has 2 rings (SSSR count). The molecule has 1 N–H and O–H groups in total. The van der Waals surface area contributed by atoms with Gasteiger partial charge in [-0.15, -0.1) is 11.3 Å². The highest BCUT2D eigenvalue weighted by atomic mass is 79.9. The summed E-state index contributed by atoms with van der Waals surface area (Å²) in [7, 11) is 0. The van der Waals surface area contributed by atoms with Crippen molar-refractivity contribution in [2.75, 3.05) is 5.32 Å². The highest BCUT2D eigenvalue weighted by Gasteiger charge is 2.07. The van der Waals surface area contributed by atoms with Crippen molar-refractivity contribution in [3.05, 3.63) is 55.9 Å². The SMILES string of the molecule is O=C(/C=C/c1ccc(Br)s1)Nc1cccc(Cl)c1F. The molecule has 2 aromatic rings.